The quantitative estimate of drug-likeness (QED) is 0.171. The Kier molecular flexibility index (Phi) is 7.31. The van der Waals surface area contributed by atoms with Gasteiger partial charge in [-0.3, -0.25) is 0 Å². The predicted molar refractivity (Wildman–Crippen MR) is 107 cm³/mol. The van der Waals surface area contributed by atoms with Crippen molar-refractivity contribution in [2.24, 2.45) is 0 Å². The van der Waals surface area contributed by atoms with Gasteiger partial charge in [-0.25, -0.2) is 4.79 Å². The number of hydrogen-bond acceptors (Lipinski definition) is 7. The van der Waals surface area contributed by atoms with Crippen LogP contribution in [0, 0.1) is 10.1 Å². The lowest BCUT2D eigenvalue weighted by atomic mass is 9.98. The summed E-state index contributed by atoms with van der Waals surface area (Å²) in [6.45, 7) is 0.297. The highest BCUT2D eigenvalue weighted by Crippen LogP contribution is 3.02. The molecule has 0 amide bonds. The summed E-state index contributed by atoms with van der Waals surface area (Å²) in [6, 6.07) is -0.0392. The Bertz CT molecular complexity index is 1030. The zero-order valence-electron chi connectivity index (χ0n) is 18.1. The topological polar surface area (TPSA) is 91.1 Å². The van der Waals surface area contributed by atoms with Crippen LogP contribution in [0.1, 0.15) is 18.1 Å². The second kappa shape index (κ2) is 9.00. The average Bonchev–Trinajstić information content (AvgIpc) is 2.69. The number of aryl methyl sites for hydroxylation is 1. The Morgan fingerprint density at radius 1 is 1.17 bits per heavy atom. The number of alkyl halides is 3. The predicted octanol–water partition coefficient (Wildman–Crippen LogP) is 5.30. The molecule has 0 N–H and O–H groups in total. The molecule has 0 radical (unpaired) electrons. The van der Waals surface area contributed by atoms with Crippen LogP contribution < -0.4 is 4.74 Å². The summed E-state index contributed by atoms with van der Waals surface area (Å²) >= 11 is 0. The molecule has 8 nitrogen and oxygen atoms in total. The molecule has 1 atom stereocenters. The van der Waals surface area contributed by atoms with Crippen molar-refractivity contribution >= 4 is 22.3 Å². The van der Waals surface area contributed by atoms with Crippen LogP contribution in [0.3, 0.4) is 0 Å². The highest BCUT2D eigenvalue weighted by Gasteiger charge is 2.65. The second-order valence-corrected chi connectivity index (χ2v) is 9.87. The highest BCUT2D eigenvalue weighted by molar-refractivity contribution is 8.45. The van der Waals surface area contributed by atoms with Crippen molar-refractivity contribution in [3.63, 3.8) is 0 Å². The van der Waals surface area contributed by atoms with Gasteiger partial charge in [0, 0.05) is 18.7 Å². The Morgan fingerprint density at radius 3 is 2.29 bits per heavy atom. The number of nitrogens with zero attached hydrogens (tertiary/aromatic N) is 2. The molecule has 2 rings (SSSR count). The van der Waals surface area contributed by atoms with Crippen molar-refractivity contribution in [2.75, 3.05) is 33.4 Å². The normalized spacial score (nSPS) is 18.0. The van der Waals surface area contributed by atoms with Gasteiger partial charge in [0.25, 0.3) is 5.09 Å². The number of likely N-dealkylation sites (N-methyl/N-ethyl adjacent to an activating group) is 1. The van der Waals surface area contributed by atoms with E-state index in [0.29, 0.717) is 6.08 Å². The van der Waals surface area contributed by atoms with Crippen molar-refractivity contribution in [3.05, 3.63) is 38.9 Å². The molecule has 0 fully saturated rings. The van der Waals surface area contributed by atoms with Gasteiger partial charge in [0.1, 0.15) is 23.9 Å². The van der Waals surface area contributed by atoms with Gasteiger partial charge in [0.2, 0.25) is 6.10 Å². The minimum Gasteiger partial charge on any atom is -0.475 e. The maximum atomic E-state index is 13.6. The van der Waals surface area contributed by atoms with Crippen molar-refractivity contribution in [1.82, 2.24) is 4.90 Å². The van der Waals surface area contributed by atoms with E-state index < -0.39 is 67.5 Å². The minimum atomic E-state index is -10.2. The number of halogens is 8. The van der Waals surface area contributed by atoms with E-state index in [4.69, 9.17) is 9.47 Å². The number of benzene rings is 1. The summed E-state index contributed by atoms with van der Waals surface area (Å²) < 4.78 is 117. The van der Waals surface area contributed by atoms with Gasteiger partial charge < -0.3 is 19.2 Å². The molecular weight excluding hydrogens is 524 g/mol. The van der Waals surface area contributed by atoms with Crippen LogP contribution in [0.4, 0.5) is 32.6 Å². The van der Waals surface area contributed by atoms with Gasteiger partial charge in [-0.15, -0.1) is 10.1 Å². The SMILES string of the molecule is CCc1cc(S(F)(F)(F)(F)F)cc2c1OC(C(F)(F)F)C(C(=O)OCCN(C)CCO[N+](=O)[O-])=C2. The molecule has 1 aliphatic rings. The van der Waals surface area contributed by atoms with Crippen LogP contribution >= 0.6 is 10.2 Å². The van der Waals surface area contributed by atoms with Gasteiger partial charge in [-0.1, -0.05) is 26.4 Å². The van der Waals surface area contributed by atoms with E-state index >= 15 is 0 Å². The smallest absolute Gasteiger partial charge is 0.430 e. The van der Waals surface area contributed by atoms with Crippen molar-refractivity contribution in [2.45, 2.75) is 30.5 Å². The summed E-state index contributed by atoms with van der Waals surface area (Å²) in [6.07, 6.45) is -8.08. The summed E-state index contributed by atoms with van der Waals surface area (Å²) in [5.74, 6) is -2.30. The van der Waals surface area contributed by atoms with Gasteiger partial charge >= 0.3 is 22.4 Å². The molecule has 1 unspecified atom stereocenters. The molecule has 0 aromatic heterocycles. The van der Waals surface area contributed by atoms with Crippen LogP contribution in [0.15, 0.2) is 22.6 Å². The molecule has 1 aliphatic heterocycles. The summed E-state index contributed by atoms with van der Waals surface area (Å²) in [5, 5.41) is 9.06. The van der Waals surface area contributed by atoms with Crippen molar-refractivity contribution in [3.8, 4) is 5.75 Å². The first-order valence-corrected chi connectivity index (χ1v) is 11.7. The summed E-state index contributed by atoms with van der Waals surface area (Å²) in [7, 11) is -8.77. The van der Waals surface area contributed by atoms with E-state index in [9.17, 15) is 47.5 Å². The molecule has 1 aromatic carbocycles. The fourth-order valence-corrected chi connectivity index (χ4v) is 3.73. The van der Waals surface area contributed by atoms with Gasteiger partial charge in [0.15, 0.2) is 0 Å². The first-order valence-electron chi connectivity index (χ1n) is 9.72. The van der Waals surface area contributed by atoms with E-state index in [0.717, 1.165) is 0 Å². The van der Waals surface area contributed by atoms with Crippen LogP contribution in [0.2, 0.25) is 0 Å². The fourth-order valence-electron chi connectivity index (χ4n) is 3.01. The maximum Gasteiger partial charge on any atom is 0.430 e. The Labute approximate surface area is 193 Å². The van der Waals surface area contributed by atoms with Gasteiger partial charge in [0.05, 0.1) is 5.57 Å². The Balaban J connectivity index is 2.34. The largest absolute Gasteiger partial charge is 0.475 e. The molecule has 0 saturated heterocycles. The molecule has 0 spiro atoms. The standard InChI is InChI=1S/C18H20F8N2O6S/c1-3-11-8-13(35(22,23,24,25)26)9-12-10-14(16(18(19,20)21)34-15(11)12)17(29)32-6-4-27(2)5-7-33-28(30)31/h8-10,16H,3-7H2,1-2H3. The molecule has 35 heavy (non-hydrogen) atoms. The van der Waals surface area contributed by atoms with Crippen molar-refractivity contribution < 1.29 is 56.8 Å². The van der Waals surface area contributed by atoms with E-state index in [1.807, 2.05) is 0 Å². The third-order valence-electron chi connectivity index (χ3n) is 4.73. The first-order chi connectivity index (χ1) is 15.7. The molecule has 17 heteroatoms. The summed E-state index contributed by atoms with van der Waals surface area (Å²) in [5.41, 5.74) is -2.57. The molecular formula is C18H20F8N2O6S. The minimum absolute atomic E-state index is 0.000162. The lowest BCUT2D eigenvalue weighted by Gasteiger charge is -2.41. The third-order valence-corrected chi connectivity index (χ3v) is 5.86. The Hall–Kier alpha value is -2.82. The van der Waals surface area contributed by atoms with E-state index in [-0.39, 0.29) is 38.2 Å². The maximum absolute atomic E-state index is 13.6. The van der Waals surface area contributed by atoms with Gasteiger partial charge in [-0.2, -0.15) is 13.2 Å². The lowest BCUT2D eigenvalue weighted by molar-refractivity contribution is -0.757. The summed E-state index contributed by atoms with van der Waals surface area (Å²) in [4.78, 5) is 25.6. The monoisotopic (exact) mass is 544 g/mol. The fraction of sp³-hybridized carbons (Fsp3) is 0.500. The number of hydrogen-bond donors (Lipinski definition) is 0. The number of carbonyl (C=O) groups excluding carboxylic acids is 1. The Morgan fingerprint density at radius 2 is 1.77 bits per heavy atom. The van der Waals surface area contributed by atoms with E-state index in [1.54, 1.807) is 0 Å². The number of fused-ring (bicyclic) bond motifs is 1. The van der Waals surface area contributed by atoms with Crippen LogP contribution in [0.25, 0.3) is 6.08 Å². The highest BCUT2D eigenvalue weighted by atomic mass is 32.5. The zero-order chi connectivity index (χ0) is 26.9. The van der Waals surface area contributed by atoms with E-state index in [1.165, 1.54) is 18.9 Å². The van der Waals surface area contributed by atoms with Crippen LogP contribution in [-0.2, 0) is 20.8 Å². The third kappa shape index (κ3) is 7.58. The van der Waals surface area contributed by atoms with Crippen LogP contribution in [-0.4, -0.2) is 61.6 Å². The molecule has 0 aliphatic carbocycles. The zero-order valence-corrected chi connectivity index (χ0v) is 18.9. The van der Waals surface area contributed by atoms with Gasteiger partial charge in [-0.05, 0) is 37.2 Å². The number of rotatable bonds is 10. The molecule has 200 valence electrons. The van der Waals surface area contributed by atoms with E-state index in [2.05, 4.69) is 4.84 Å². The number of carbonyl (C=O) groups is 1. The molecule has 1 aromatic rings. The number of ether oxygens (including phenoxy) is 2. The average molecular weight is 544 g/mol. The first kappa shape index (κ1) is 28.4. The van der Waals surface area contributed by atoms with Crippen molar-refractivity contribution in [1.29, 1.82) is 0 Å². The second-order valence-electron chi connectivity index (χ2n) is 7.46. The molecule has 0 saturated carbocycles. The van der Waals surface area contributed by atoms with Crippen LogP contribution in [0.5, 0.6) is 5.75 Å². The lowest BCUT2D eigenvalue weighted by Crippen LogP contribution is -2.41. The molecule has 1 heterocycles. The molecule has 0 bridgehead atoms. The number of esters is 1.